The first kappa shape index (κ1) is 17.6. The second-order valence-electron chi connectivity index (χ2n) is 4.98. The highest BCUT2D eigenvalue weighted by atomic mass is 35.5. The molecule has 10 heteroatoms. The second-order valence-corrected chi connectivity index (χ2v) is 8.60. The van der Waals surface area contributed by atoms with Gasteiger partial charge in [-0.3, -0.25) is 9.71 Å². The second kappa shape index (κ2) is 7.34. The van der Waals surface area contributed by atoms with E-state index in [0.717, 1.165) is 16.9 Å². The summed E-state index contributed by atoms with van der Waals surface area (Å²) in [6, 6.07) is 6.56. The molecule has 3 heterocycles. The van der Waals surface area contributed by atoms with E-state index in [1.54, 1.807) is 25.4 Å². The summed E-state index contributed by atoms with van der Waals surface area (Å²) in [5, 5.41) is 0. The Kier molecular flexibility index (Phi) is 5.16. The zero-order valence-corrected chi connectivity index (χ0v) is 15.4. The predicted octanol–water partition coefficient (Wildman–Crippen LogP) is 3.27. The molecule has 3 rings (SSSR count). The summed E-state index contributed by atoms with van der Waals surface area (Å²) in [4.78, 5) is 12.3. The highest BCUT2D eigenvalue weighted by Crippen LogP contribution is 2.29. The van der Waals surface area contributed by atoms with E-state index >= 15 is 0 Å². The van der Waals surface area contributed by atoms with E-state index in [-0.39, 0.29) is 22.5 Å². The summed E-state index contributed by atoms with van der Waals surface area (Å²) < 4.78 is 33.3. The van der Waals surface area contributed by atoms with Crippen molar-refractivity contribution in [3.8, 4) is 5.88 Å². The molecule has 0 saturated heterocycles. The van der Waals surface area contributed by atoms with Crippen LogP contribution in [0.25, 0.3) is 0 Å². The summed E-state index contributed by atoms with van der Waals surface area (Å²) in [5.41, 5.74) is 1.42. The van der Waals surface area contributed by atoms with Crippen LogP contribution in [-0.2, 0) is 16.6 Å². The molecule has 0 bridgehead atoms. The van der Waals surface area contributed by atoms with E-state index in [4.69, 9.17) is 16.3 Å². The van der Waals surface area contributed by atoms with Crippen LogP contribution in [0, 0.1) is 6.92 Å². The van der Waals surface area contributed by atoms with Gasteiger partial charge in [0.25, 0.3) is 15.9 Å². The van der Waals surface area contributed by atoms with Crippen LogP contribution >= 0.6 is 22.9 Å². The maximum atomic E-state index is 12.4. The van der Waals surface area contributed by atoms with Crippen molar-refractivity contribution in [2.75, 3.05) is 4.72 Å². The third-order valence-electron chi connectivity index (χ3n) is 3.00. The summed E-state index contributed by atoms with van der Waals surface area (Å²) in [7, 11) is -3.82. The molecule has 0 spiro atoms. The third kappa shape index (κ3) is 4.44. The van der Waals surface area contributed by atoms with Crippen LogP contribution in [0.2, 0.25) is 4.34 Å². The molecule has 0 aromatic carbocycles. The molecule has 0 atom stereocenters. The number of halogens is 1. The number of anilines is 1. The fourth-order valence-corrected chi connectivity index (χ4v) is 4.37. The summed E-state index contributed by atoms with van der Waals surface area (Å²) in [5.74, 6) is 0.106. The van der Waals surface area contributed by atoms with Gasteiger partial charge in [-0.15, -0.1) is 11.3 Å². The number of hydrogen-bond donors (Lipinski definition) is 1. The number of nitrogens with zero attached hydrogens (tertiary/aromatic N) is 3. The zero-order valence-electron chi connectivity index (χ0n) is 13.0. The smallest absolute Gasteiger partial charge is 0.272 e. The number of ether oxygens (including phenoxy) is 1. The largest absolute Gasteiger partial charge is 0.470 e. The molecule has 0 fully saturated rings. The van der Waals surface area contributed by atoms with Crippen molar-refractivity contribution in [3.63, 3.8) is 0 Å². The number of aromatic nitrogens is 3. The van der Waals surface area contributed by atoms with Gasteiger partial charge >= 0.3 is 0 Å². The van der Waals surface area contributed by atoms with Crippen LogP contribution in [0.5, 0.6) is 5.88 Å². The number of hydrogen-bond acceptors (Lipinski definition) is 7. The first-order valence-electron chi connectivity index (χ1n) is 7.07. The van der Waals surface area contributed by atoms with Gasteiger partial charge in [0.1, 0.15) is 10.8 Å². The fraction of sp³-hybridized carbons (Fsp3) is 0.133. The van der Waals surface area contributed by atoms with Crippen molar-refractivity contribution in [3.05, 3.63) is 58.4 Å². The Hall–Kier alpha value is -2.23. The number of aryl methyl sites for hydroxylation is 1. The van der Waals surface area contributed by atoms with Crippen molar-refractivity contribution in [1.29, 1.82) is 0 Å². The molecule has 0 saturated carbocycles. The Labute approximate surface area is 153 Å². The highest BCUT2D eigenvalue weighted by molar-refractivity contribution is 7.94. The highest BCUT2D eigenvalue weighted by Gasteiger charge is 2.20. The number of thiophene rings is 1. The van der Waals surface area contributed by atoms with E-state index in [9.17, 15) is 8.42 Å². The molecular formula is C15H13ClN4O3S2. The summed E-state index contributed by atoms with van der Waals surface area (Å²) >= 11 is 6.76. The van der Waals surface area contributed by atoms with Gasteiger partial charge in [0.05, 0.1) is 16.2 Å². The molecule has 0 aliphatic heterocycles. The maximum absolute atomic E-state index is 12.4. The molecule has 0 radical (unpaired) electrons. The van der Waals surface area contributed by atoms with Gasteiger partial charge in [0.15, 0.2) is 0 Å². The third-order valence-corrected chi connectivity index (χ3v) is 6.07. The number of pyridine rings is 1. The van der Waals surface area contributed by atoms with E-state index in [0.29, 0.717) is 10.0 Å². The van der Waals surface area contributed by atoms with Gasteiger partial charge in [-0.05, 0) is 25.1 Å². The number of nitrogens with one attached hydrogen (secondary N) is 1. The fourth-order valence-electron chi connectivity index (χ4n) is 1.88. The Morgan fingerprint density at radius 3 is 2.80 bits per heavy atom. The van der Waals surface area contributed by atoms with Crippen LogP contribution < -0.4 is 9.46 Å². The van der Waals surface area contributed by atoms with Crippen LogP contribution in [-0.4, -0.2) is 23.4 Å². The molecule has 25 heavy (non-hydrogen) atoms. The molecule has 3 aromatic heterocycles. The normalized spacial score (nSPS) is 11.3. The topological polar surface area (TPSA) is 94.1 Å². The standard InChI is InChI=1S/C15H13ClN4O3S2/c1-10-7-18-14(20-25(21,22)13-5-4-12(16)24-13)15(19-10)23-9-11-3-2-6-17-8-11/h2-8H,9H2,1H3,(H,18,20). The average molecular weight is 397 g/mol. The van der Waals surface area contributed by atoms with E-state index in [1.165, 1.54) is 18.3 Å². The summed E-state index contributed by atoms with van der Waals surface area (Å²) in [6.45, 7) is 1.92. The molecule has 0 unspecified atom stereocenters. The van der Waals surface area contributed by atoms with Gasteiger partial charge in [-0.2, -0.15) is 0 Å². The Bertz CT molecular complexity index is 977. The molecule has 0 aliphatic carbocycles. The van der Waals surface area contributed by atoms with E-state index in [2.05, 4.69) is 19.7 Å². The quantitative estimate of drug-likeness (QED) is 0.687. The van der Waals surface area contributed by atoms with Crippen LogP contribution in [0.3, 0.4) is 0 Å². The van der Waals surface area contributed by atoms with Crippen molar-refractivity contribution in [2.45, 2.75) is 17.7 Å². The lowest BCUT2D eigenvalue weighted by Crippen LogP contribution is -2.14. The minimum atomic E-state index is -3.82. The van der Waals surface area contributed by atoms with Crippen LogP contribution in [0.15, 0.2) is 47.1 Å². The first-order valence-corrected chi connectivity index (χ1v) is 9.75. The first-order chi connectivity index (χ1) is 11.9. The molecule has 3 aromatic rings. The lowest BCUT2D eigenvalue weighted by atomic mass is 10.3. The lowest BCUT2D eigenvalue weighted by molar-refractivity contribution is 0.293. The van der Waals surface area contributed by atoms with Gasteiger partial charge in [-0.1, -0.05) is 17.7 Å². The van der Waals surface area contributed by atoms with E-state index < -0.39 is 10.0 Å². The van der Waals surface area contributed by atoms with Gasteiger partial charge in [-0.25, -0.2) is 18.4 Å². The maximum Gasteiger partial charge on any atom is 0.272 e. The van der Waals surface area contributed by atoms with Crippen molar-refractivity contribution >= 4 is 38.8 Å². The molecule has 0 amide bonds. The molecule has 7 nitrogen and oxygen atoms in total. The van der Waals surface area contributed by atoms with Crippen molar-refractivity contribution in [1.82, 2.24) is 15.0 Å². The van der Waals surface area contributed by atoms with E-state index in [1.807, 2.05) is 6.07 Å². The zero-order chi connectivity index (χ0) is 17.9. The molecule has 130 valence electrons. The number of rotatable bonds is 6. The Morgan fingerprint density at radius 2 is 2.12 bits per heavy atom. The van der Waals surface area contributed by atoms with Gasteiger partial charge in [0.2, 0.25) is 5.82 Å². The van der Waals surface area contributed by atoms with Gasteiger partial charge in [0, 0.05) is 18.0 Å². The van der Waals surface area contributed by atoms with Gasteiger partial charge < -0.3 is 4.74 Å². The molecule has 1 N–H and O–H groups in total. The molecular weight excluding hydrogens is 384 g/mol. The van der Waals surface area contributed by atoms with Crippen LogP contribution in [0.4, 0.5) is 5.82 Å². The van der Waals surface area contributed by atoms with Crippen molar-refractivity contribution < 1.29 is 13.2 Å². The predicted molar refractivity (Wildman–Crippen MR) is 95.5 cm³/mol. The lowest BCUT2D eigenvalue weighted by Gasteiger charge is -2.11. The van der Waals surface area contributed by atoms with Crippen LogP contribution in [0.1, 0.15) is 11.3 Å². The molecule has 0 aliphatic rings. The van der Waals surface area contributed by atoms with Crippen molar-refractivity contribution in [2.24, 2.45) is 0 Å². The minimum absolute atomic E-state index is 0.0130. The summed E-state index contributed by atoms with van der Waals surface area (Å²) in [6.07, 6.45) is 4.76. The minimum Gasteiger partial charge on any atom is -0.470 e. The SMILES string of the molecule is Cc1cnc(NS(=O)(=O)c2ccc(Cl)s2)c(OCc2cccnc2)n1. The monoisotopic (exact) mass is 396 g/mol. The number of sulfonamides is 1. The average Bonchev–Trinajstić information content (AvgIpc) is 3.03. The Balaban J connectivity index is 1.84. The Morgan fingerprint density at radius 1 is 1.28 bits per heavy atom.